The van der Waals surface area contributed by atoms with Crippen LogP contribution in [0.4, 0.5) is 4.79 Å². The molecule has 2 aliphatic rings. The van der Waals surface area contributed by atoms with E-state index in [4.69, 9.17) is 4.74 Å². The molecule has 5 nitrogen and oxygen atoms in total. The van der Waals surface area contributed by atoms with E-state index < -0.39 is 0 Å². The number of halogens is 1. The zero-order valence-corrected chi connectivity index (χ0v) is 15.0. The van der Waals surface area contributed by atoms with Crippen molar-refractivity contribution in [3.05, 3.63) is 34.3 Å². The van der Waals surface area contributed by atoms with Gasteiger partial charge in [0.15, 0.2) is 0 Å². The number of rotatable bonds is 2. The van der Waals surface area contributed by atoms with Gasteiger partial charge in [0.1, 0.15) is 0 Å². The summed E-state index contributed by atoms with van der Waals surface area (Å²) in [4.78, 5) is 19.0. The SMILES string of the molecule is O=C(N1CCOCC1)N1CCCN(Cc2cccc(Br)c2)CC1. The molecule has 0 radical (unpaired) electrons. The summed E-state index contributed by atoms with van der Waals surface area (Å²) in [7, 11) is 0. The number of benzene rings is 1. The Hall–Kier alpha value is -1.11. The predicted octanol–water partition coefficient (Wildman–Crippen LogP) is 2.41. The Labute approximate surface area is 146 Å². The number of hydrogen-bond donors (Lipinski definition) is 0. The summed E-state index contributed by atoms with van der Waals surface area (Å²) in [6.07, 6.45) is 1.03. The molecule has 126 valence electrons. The first-order valence-corrected chi connectivity index (χ1v) is 9.10. The van der Waals surface area contributed by atoms with Crippen LogP contribution in [0.5, 0.6) is 0 Å². The predicted molar refractivity (Wildman–Crippen MR) is 93.4 cm³/mol. The van der Waals surface area contributed by atoms with E-state index in [1.807, 2.05) is 9.80 Å². The van der Waals surface area contributed by atoms with Gasteiger partial charge in [0.25, 0.3) is 0 Å². The summed E-state index contributed by atoms with van der Waals surface area (Å²) in [5, 5.41) is 0. The van der Waals surface area contributed by atoms with Crippen molar-refractivity contribution in [3.8, 4) is 0 Å². The first-order chi connectivity index (χ1) is 11.2. The van der Waals surface area contributed by atoms with Crippen LogP contribution in [-0.4, -0.2) is 73.2 Å². The molecule has 3 rings (SSSR count). The fourth-order valence-corrected chi connectivity index (χ4v) is 3.62. The Morgan fingerprint density at radius 1 is 1.04 bits per heavy atom. The number of nitrogens with zero attached hydrogens (tertiary/aromatic N) is 3. The van der Waals surface area contributed by atoms with Crippen molar-refractivity contribution in [2.45, 2.75) is 13.0 Å². The van der Waals surface area contributed by atoms with Gasteiger partial charge in [0, 0.05) is 50.3 Å². The van der Waals surface area contributed by atoms with Crippen molar-refractivity contribution in [2.75, 3.05) is 52.5 Å². The van der Waals surface area contributed by atoms with Gasteiger partial charge in [-0.15, -0.1) is 0 Å². The van der Waals surface area contributed by atoms with E-state index in [-0.39, 0.29) is 6.03 Å². The molecular formula is C17H24BrN3O2. The first kappa shape index (κ1) is 16.7. The molecular weight excluding hydrogens is 358 g/mol. The van der Waals surface area contributed by atoms with Crippen molar-refractivity contribution in [1.82, 2.24) is 14.7 Å². The minimum absolute atomic E-state index is 0.178. The van der Waals surface area contributed by atoms with Crippen LogP contribution in [-0.2, 0) is 11.3 Å². The maximum atomic E-state index is 12.6. The lowest BCUT2D eigenvalue weighted by atomic mass is 10.2. The standard InChI is InChI=1S/C17H24BrN3O2/c18-16-4-1-3-15(13-16)14-19-5-2-6-20(8-7-19)17(22)21-9-11-23-12-10-21/h1,3-4,13H,2,5-12,14H2. The molecule has 2 amide bonds. The molecule has 2 aliphatic heterocycles. The lowest BCUT2D eigenvalue weighted by Crippen LogP contribution is -2.49. The highest BCUT2D eigenvalue weighted by Gasteiger charge is 2.24. The van der Waals surface area contributed by atoms with Crippen LogP contribution in [0.3, 0.4) is 0 Å². The summed E-state index contributed by atoms with van der Waals surface area (Å²) >= 11 is 3.53. The molecule has 0 N–H and O–H groups in total. The molecule has 1 aromatic carbocycles. The molecule has 23 heavy (non-hydrogen) atoms. The minimum atomic E-state index is 0.178. The van der Waals surface area contributed by atoms with Crippen LogP contribution >= 0.6 is 15.9 Å². The molecule has 0 unspecified atom stereocenters. The van der Waals surface area contributed by atoms with Crippen LogP contribution in [0.1, 0.15) is 12.0 Å². The van der Waals surface area contributed by atoms with E-state index in [1.165, 1.54) is 5.56 Å². The summed E-state index contributed by atoms with van der Waals surface area (Å²) in [5.74, 6) is 0. The third-order valence-corrected chi connectivity index (χ3v) is 4.93. The van der Waals surface area contributed by atoms with Gasteiger partial charge in [-0.25, -0.2) is 4.79 Å². The molecule has 0 atom stereocenters. The average molecular weight is 382 g/mol. The highest BCUT2D eigenvalue weighted by Crippen LogP contribution is 2.15. The zero-order valence-electron chi connectivity index (χ0n) is 13.4. The number of carbonyl (C=O) groups excluding carboxylic acids is 1. The number of amides is 2. The summed E-state index contributed by atoms with van der Waals surface area (Å²) in [6, 6.07) is 8.63. The van der Waals surface area contributed by atoms with Crippen molar-refractivity contribution < 1.29 is 9.53 Å². The second-order valence-electron chi connectivity index (χ2n) is 6.13. The summed E-state index contributed by atoms with van der Waals surface area (Å²) in [6.45, 7) is 7.34. The topological polar surface area (TPSA) is 36.0 Å². The van der Waals surface area contributed by atoms with Gasteiger partial charge < -0.3 is 14.5 Å². The lowest BCUT2D eigenvalue weighted by Gasteiger charge is -2.32. The van der Waals surface area contributed by atoms with Crippen LogP contribution < -0.4 is 0 Å². The van der Waals surface area contributed by atoms with E-state index in [1.54, 1.807) is 0 Å². The maximum absolute atomic E-state index is 12.6. The van der Waals surface area contributed by atoms with E-state index in [0.29, 0.717) is 13.2 Å². The molecule has 1 aromatic rings. The Morgan fingerprint density at radius 3 is 2.61 bits per heavy atom. The number of hydrogen-bond acceptors (Lipinski definition) is 3. The summed E-state index contributed by atoms with van der Waals surface area (Å²) in [5.41, 5.74) is 1.31. The fourth-order valence-electron chi connectivity index (χ4n) is 3.17. The van der Waals surface area contributed by atoms with Gasteiger partial charge in [0.05, 0.1) is 13.2 Å². The molecule has 0 saturated carbocycles. The quantitative estimate of drug-likeness (QED) is 0.788. The van der Waals surface area contributed by atoms with Crippen LogP contribution in [0, 0.1) is 0 Å². The molecule has 6 heteroatoms. The van der Waals surface area contributed by atoms with Crippen molar-refractivity contribution in [3.63, 3.8) is 0 Å². The monoisotopic (exact) mass is 381 g/mol. The van der Waals surface area contributed by atoms with Gasteiger partial charge in [-0.05, 0) is 24.1 Å². The highest BCUT2D eigenvalue weighted by molar-refractivity contribution is 9.10. The van der Waals surface area contributed by atoms with Crippen molar-refractivity contribution >= 4 is 22.0 Å². The van der Waals surface area contributed by atoms with Gasteiger partial charge in [-0.1, -0.05) is 28.1 Å². The smallest absolute Gasteiger partial charge is 0.320 e. The Balaban J connectivity index is 1.53. The second kappa shape index (κ2) is 8.13. The van der Waals surface area contributed by atoms with E-state index in [2.05, 4.69) is 45.1 Å². The second-order valence-corrected chi connectivity index (χ2v) is 7.04. The Bertz CT molecular complexity index is 534. The summed E-state index contributed by atoms with van der Waals surface area (Å²) < 4.78 is 6.45. The molecule has 2 saturated heterocycles. The van der Waals surface area contributed by atoms with Crippen LogP contribution in [0.15, 0.2) is 28.7 Å². The van der Waals surface area contributed by atoms with Crippen molar-refractivity contribution in [1.29, 1.82) is 0 Å². The largest absolute Gasteiger partial charge is 0.378 e. The van der Waals surface area contributed by atoms with E-state index >= 15 is 0 Å². The third kappa shape index (κ3) is 4.68. The molecule has 0 bridgehead atoms. The van der Waals surface area contributed by atoms with Gasteiger partial charge >= 0.3 is 6.03 Å². The first-order valence-electron chi connectivity index (χ1n) is 8.31. The molecule has 0 spiro atoms. The molecule has 0 aromatic heterocycles. The van der Waals surface area contributed by atoms with Crippen LogP contribution in [0.2, 0.25) is 0 Å². The molecule has 2 fully saturated rings. The van der Waals surface area contributed by atoms with Crippen molar-refractivity contribution in [2.24, 2.45) is 0 Å². The fraction of sp³-hybridized carbons (Fsp3) is 0.588. The lowest BCUT2D eigenvalue weighted by molar-refractivity contribution is 0.0436. The average Bonchev–Trinajstić information content (AvgIpc) is 2.81. The Morgan fingerprint density at radius 2 is 1.83 bits per heavy atom. The molecule has 2 heterocycles. The zero-order chi connectivity index (χ0) is 16.1. The van der Waals surface area contributed by atoms with Crippen LogP contribution in [0.25, 0.3) is 0 Å². The maximum Gasteiger partial charge on any atom is 0.320 e. The minimum Gasteiger partial charge on any atom is -0.378 e. The van der Waals surface area contributed by atoms with Gasteiger partial charge in [0.2, 0.25) is 0 Å². The number of carbonyl (C=O) groups is 1. The highest BCUT2D eigenvalue weighted by atomic mass is 79.9. The van der Waals surface area contributed by atoms with E-state index in [9.17, 15) is 4.79 Å². The Kier molecular flexibility index (Phi) is 5.91. The number of urea groups is 1. The van der Waals surface area contributed by atoms with Gasteiger partial charge in [-0.3, -0.25) is 4.90 Å². The third-order valence-electron chi connectivity index (χ3n) is 4.44. The van der Waals surface area contributed by atoms with E-state index in [0.717, 1.165) is 56.7 Å². The normalized spacial score (nSPS) is 20.4. The number of ether oxygens (including phenoxy) is 1. The van der Waals surface area contributed by atoms with Gasteiger partial charge in [-0.2, -0.15) is 0 Å². The number of morpholine rings is 1. The molecule has 0 aliphatic carbocycles.